The first-order valence-electron chi connectivity index (χ1n) is 5.73. The number of anilines is 1. The number of hydrogen-bond acceptors (Lipinski definition) is 2. The van der Waals surface area contributed by atoms with Gasteiger partial charge in [0.15, 0.2) is 5.11 Å². The zero-order valence-corrected chi connectivity index (χ0v) is 10.6. The van der Waals surface area contributed by atoms with E-state index in [4.69, 9.17) is 17.5 Å². The average molecular weight is 255 g/mol. The van der Waals surface area contributed by atoms with Gasteiger partial charge in [-0.3, -0.25) is 0 Å². The molecular formula is C14H13N3S. The summed E-state index contributed by atoms with van der Waals surface area (Å²) in [5.41, 5.74) is 2.43. The first-order chi connectivity index (χ1) is 8.78. The summed E-state index contributed by atoms with van der Waals surface area (Å²) >= 11 is 5.22. The van der Waals surface area contributed by atoms with E-state index in [0.717, 1.165) is 24.2 Å². The molecule has 0 radical (unpaired) electrons. The Morgan fingerprint density at radius 3 is 2.89 bits per heavy atom. The number of allylic oxidation sites excluding steroid dienone is 3. The van der Waals surface area contributed by atoms with Gasteiger partial charge in [-0.2, -0.15) is 5.26 Å². The Balaban J connectivity index is 1.96. The minimum absolute atomic E-state index is 0.530. The predicted octanol–water partition coefficient (Wildman–Crippen LogP) is 3.08. The molecule has 90 valence electrons. The van der Waals surface area contributed by atoms with Crippen LogP contribution in [-0.4, -0.2) is 5.11 Å². The van der Waals surface area contributed by atoms with Crippen molar-refractivity contribution in [2.75, 3.05) is 5.32 Å². The highest BCUT2D eigenvalue weighted by molar-refractivity contribution is 7.80. The molecule has 1 aromatic carbocycles. The van der Waals surface area contributed by atoms with Crippen molar-refractivity contribution in [2.24, 2.45) is 0 Å². The van der Waals surface area contributed by atoms with E-state index in [-0.39, 0.29) is 0 Å². The zero-order valence-electron chi connectivity index (χ0n) is 9.81. The number of hydrogen-bond donors (Lipinski definition) is 2. The first-order valence-corrected chi connectivity index (χ1v) is 6.13. The Morgan fingerprint density at radius 2 is 2.17 bits per heavy atom. The van der Waals surface area contributed by atoms with Gasteiger partial charge in [-0.15, -0.1) is 0 Å². The van der Waals surface area contributed by atoms with E-state index in [1.165, 1.54) is 0 Å². The van der Waals surface area contributed by atoms with Crippen molar-refractivity contribution in [3.05, 3.63) is 53.8 Å². The van der Waals surface area contributed by atoms with Crippen molar-refractivity contribution in [1.29, 1.82) is 5.26 Å². The van der Waals surface area contributed by atoms with Gasteiger partial charge in [0.2, 0.25) is 0 Å². The van der Waals surface area contributed by atoms with Gasteiger partial charge in [-0.25, -0.2) is 0 Å². The van der Waals surface area contributed by atoms with Crippen LogP contribution in [0, 0.1) is 11.3 Å². The Kier molecular flexibility index (Phi) is 4.11. The van der Waals surface area contributed by atoms with Crippen molar-refractivity contribution in [3.63, 3.8) is 0 Å². The topological polar surface area (TPSA) is 47.9 Å². The lowest BCUT2D eigenvalue weighted by atomic mass is 10.1. The summed E-state index contributed by atoms with van der Waals surface area (Å²) in [5, 5.41) is 15.5. The van der Waals surface area contributed by atoms with E-state index >= 15 is 0 Å². The molecule has 0 aromatic heterocycles. The summed E-state index contributed by atoms with van der Waals surface area (Å²) in [5.74, 6) is 0. The maximum atomic E-state index is 8.81. The average Bonchev–Trinajstić information content (AvgIpc) is 2.40. The van der Waals surface area contributed by atoms with E-state index < -0.39 is 0 Å². The summed E-state index contributed by atoms with van der Waals surface area (Å²) in [6.07, 6.45) is 8.35. The van der Waals surface area contributed by atoms with Gasteiger partial charge in [-0.05, 0) is 49.3 Å². The van der Waals surface area contributed by atoms with Crippen LogP contribution >= 0.6 is 12.2 Å². The number of rotatable bonds is 2. The van der Waals surface area contributed by atoms with Gasteiger partial charge < -0.3 is 10.6 Å². The molecule has 0 spiro atoms. The molecule has 1 aromatic rings. The largest absolute Gasteiger partial charge is 0.333 e. The quantitative estimate of drug-likeness (QED) is 0.797. The van der Waals surface area contributed by atoms with Gasteiger partial charge in [0.25, 0.3) is 0 Å². The third-order valence-corrected chi connectivity index (χ3v) is 2.71. The summed E-state index contributed by atoms with van der Waals surface area (Å²) in [6, 6.07) is 9.31. The van der Waals surface area contributed by atoms with Crippen LogP contribution in [-0.2, 0) is 0 Å². The fourth-order valence-corrected chi connectivity index (χ4v) is 1.90. The van der Waals surface area contributed by atoms with Crippen molar-refractivity contribution in [3.8, 4) is 6.07 Å². The second kappa shape index (κ2) is 5.99. The lowest BCUT2D eigenvalue weighted by molar-refractivity contribution is 0.987. The second-order valence-corrected chi connectivity index (χ2v) is 4.32. The molecule has 2 N–H and O–H groups in total. The van der Waals surface area contributed by atoms with Crippen molar-refractivity contribution >= 4 is 23.0 Å². The molecule has 0 amide bonds. The van der Waals surface area contributed by atoms with Crippen LogP contribution in [0.2, 0.25) is 0 Å². The number of thiocarbonyl (C=S) groups is 1. The van der Waals surface area contributed by atoms with E-state index in [9.17, 15) is 0 Å². The van der Waals surface area contributed by atoms with Crippen LogP contribution in [0.1, 0.15) is 18.4 Å². The third-order valence-electron chi connectivity index (χ3n) is 2.50. The maximum Gasteiger partial charge on any atom is 0.175 e. The van der Waals surface area contributed by atoms with Crippen LogP contribution in [0.3, 0.4) is 0 Å². The lowest BCUT2D eigenvalue weighted by Gasteiger charge is -2.13. The molecule has 0 fully saturated rings. The monoisotopic (exact) mass is 255 g/mol. The second-order valence-electron chi connectivity index (χ2n) is 3.91. The Labute approximate surface area is 112 Å². The van der Waals surface area contributed by atoms with Crippen LogP contribution in [0.25, 0.3) is 0 Å². The van der Waals surface area contributed by atoms with E-state index in [1.54, 1.807) is 12.1 Å². The summed E-state index contributed by atoms with van der Waals surface area (Å²) in [6.45, 7) is 0. The molecule has 0 saturated carbocycles. The zero-order chi connectivity index (χ0) is 12.8. The van der Waals surface area contributed by atoms with E-state index in [1.807, 2.05) is 18.2 Å². The van der Waals surface area contributed by atoms with Crippen molar-refractivity contribution in [2.45, 2.75) is 12.8 Å². The van der Waals surface area contributed by atoms with Gasteiger partial charge >= 0.3 is 0 Å². The maximum absolute atomic E-state index is 8.81. The Bertz CT molecular complexity index is 552. The number of benzene rings is 1. The normalized spacial score (nSPS) is 13.4. The smallest absolute Gasteiger partial charge is 0.175 e. The predicted molar refractivity (Wildman–Crippen MR) is 77.0 cm³/mol. The highest BCUT2D eigenvalue weighted by atomic mass is 32.1. The lowest BCUT2D eigenvalue weighted by Crippen LogP contribution is -2.27. The molecule has 18 heavy (non-hydrogen) atoms. The van der Waals surface area contributed by atoms with E-state index in [0.29, 0.717) is 10.7 Å². The van der Waals surface area contributed by atoms with E-state index in [2.05, 4.69) is 28.9 Å². The number of nitrogens with one attached hydrogen (secondary N) is 2. The highest BCUT2D eigenvalue weighted by Gasteiger charge is 2.01. The van der Waals surface area contributed by atoms with Gasteiger partial charge in [0.05, 0.1) is 11.6 Å². The molecule has 0 atom stereocenters. The SMILES string of the molecule is N#Cc1cccc(NC(=S)NC2=CCCC=C2)c1. The third kappa shape index (κ3) is 3.44. The molecule has 3 nitrogen and oxygen atoms in total. The summed E-state index contributed by atoms with van der Waals surface area (Å²) in [7, 11) is 0. The van der Waals surface area contributed by atoms with Gasteiger partial charge in [0, 0.05) is 11.4 Å². The molecule has 0 heterocycles. The minimum Gasteiger partial charge on any atom is -0.333 e. The minimum atomic E-state index is 0.530. The standard InChI is InChI=1S/C14H13N3S/c15-10-11-5-4-8-13(9-11)17-14(18)16-12-6-2-1-3-7-12/h2,4-9H,1,3H2,(H2,16,17,18). The number of nitriles is 1. The molecule has 4 heteroatoms. The summed E-state index contributed by atoms with van der Waals surface area (Å²) < 4.78 is 0. The fraction of sp³-hybridized carbons (Fsp3) is 0.143. The van der Waals surface area contributed by atoms with Crippen LogP contribution in [0.15, 0.2) is 48.2 Å². The summed E-state index contributed by atoms with van der Waals surface area (Å²) in [4.78, 5) is 0. The highest BCUT2D eigenvalue weighted by Crippen LogP contribution is 2.11. The molecule has 0 saturated heterocycles. The van der Waals surface area contributed by atoms with Crippen LogP contribution in [0.4, 0.5) is 5.69 Å². The van der Waals surface area contributed by atoms with Gasteiger partial charge in [-0.1, -0.05) is 18.2 Å². The molecule has 2 rings (SSSR count). The fourth-order valence-electron chi connectivity index (χ4n) is 1.67. The van der Waals surface area contributed by atoms with Crippen molar-refractivity contribution < 1.29 is 0 Å². The molecule has 1 aliphatic carbocycles. The molecule has 1 aliphatic rings. The Hall–Kier alpha value is -2.12. The molecule has 0 unspecified atom stereocenters. The molecular weight excluding hydrogens is 242 g/mol. The number of nitrogens with zero attached hydrogens (tertiary/aromatic N) is 1. The molecule has 0 bridgehead atoms. The van der Waals surface area contributed by atoms with Crippen LogP contribution in [0.5, 0.6) is 0 Å². The Morgan fingerprint density at radius 1 is 1.28 bits per heavy atom. The van der Waals surface area contributed by atoms with Crippen molar-refractivity contribution in [1.82, 2.24) is 5.32 Å². The first kappa shape index (κ1) is 12.3. The molecule has 0 aliphatic heterocycles. The van der Waals surface area contributed by atoms with Crippen LogP contribution < -0.4 is 10.6 Å². The van der Waals surface area contributed by atoms with Gasteiger partial charge in [0.1, 0.15) is 0 Å².